The van der Waals surface area contributed by atoms with Gasteiger partial charge in [-0.25, -0.2) is 9.59 Å². The summed E-state index contributed by atoms with van der Waals surface area (Å²) in [6.45, 7) is 1.74. The predicted molar refractivity (Wildman–Crippen MR) is 103 cm³/mol. The van der Waals surface area contributed by atoms with Crippen LogP contribution in [0.4, 0.5) is 4.79 Å². The highest BCUT2D eigenvalue weighted by atomic mass is 16.6. The molecular weight excluding hydrogens is 340 g/mol. The molecule has 1 spiro atoms. The van der Waals surface area contributed by atoms with Gasteiger partial charge in [0.05, 0.1) is 12.1 Å². The third-order valence-electron chi connectivity index (χ3n) is 5.43. The van der Waals surface area contributed by atoms with Crippen molar-refractivity contribution in [3.8, 4) is 0 Å². The van der Waals surface area contributed by atoms with E-state index in [1.165, 1.54) is 5.56 Å². The molecule has 0 saturated carbocycles. The molecule has 2 aromatic rings. The van der Waals surface area contributed by atoms with Crippen LogP contribution in [0.15, 0.2) is 54.6 Å². The van der Waals surface area contributed by atoms with Crippen LogP contribution in [0, 0.1) is 0 Å². The van der Waals surface area contributed by atoms with Crippen molar-refractivity contribution in [1.29, 1.82) is 0 Å². The summed E-state index contributed by atoms with van der Waals surface area (Å²) in [6.07, 6.45) is 3.41. The lowest BCUT2D eigenvalue weighted by molar-refractivity contribution is -0.0410. The number of rotatable bonds is 4. The van der Waals surface area contributed by atoms with Gasteiger partial charge in [0.15, 0.2) is 5.60 Å². The van der Waals surface area contributed by atoms with Crippen molar-refractivity contribution in [1.82, 2.24) is 10.2 Å². The van der Waals surface area contributed by atoms with E-state index in [1.807, 2.05) is 36.4 Å². The molecule has 1 N–H and O–H groups in total. The van der Waals surface area contributed by atoms with Crippen LogP contribution in [-0.2, 0) is 16.8 Å². The maximum atomic E-state index is 12.6. The molecule has 5 heteroatoms. The van der Waals surface area contributed by atoms with Gasteiger partial charge < -0.3 is 15.0 Å². The van der Waals surface area contributed by atoms with Crippen LogP contribution in [0.3, 0.4) is 0 Å². The molecular formula is C22H24N2O3. The number of hydrogen-bond donors (Lipinski definition) is 1. The van der Waals surface area contributed by atoms with E-state index in [0.29, 0.717) is 25.2 Å². The first kappa shape index (κ1) is 17.6. The Hall–Kier alpha value is -2.82. The van der Waals surface area contributed by atoms with Crippen LogP contribution >= 0.6 is 0 Å². The molecule has 2 aliphatic rings. The van der Waals surface area contributed by atoms with E-state index >= 15 is 0 Å². The minimum Gasteiger partial charge on any atom is -0.449 e. The third-order valence-corrected chi connectivity index (χ3v) is 5.43. The highest BCUT2D eigenvalue weighted by Crippen LogP contribution is 2.42. The second kappa shape index (κ2) is 7.43. The Kier molecular flexibility index (Phi) is 4.84. The number of esters is 1. The topological polar surface area (TPSA) is 58.6 Å². The molecule has 1 fully saturated rings. The summed E-state index contributed by atoms with van der Waals surface area (Å²) in [5.41, 5.74) is 2.13. The number of aryl methyl sites for hydroxylation is 1. The first-order valence-electron chi connectivity index (χ1n) is 9.57. The fourth-order valence-corrected chi connectivity index (χ4v) is 4.09. The zero-order valence-corrected chi connectivity index (χ0v) is 15.3. The molecule has 5 nitrogen and oxygen atoms in total. The van der Waals surface area contributed by atoms with Crippen molar-refractivity contribution in [2.24, 2.45) is 0 Å². The lowest BCUT2D eigenvalue weighted by atomic mass is 9.85. The quantitative estimate of drug-likeness (QED) is 0.667. The number of nitrogens with one attached hydrogen (secondary N) is 1. The van der Waals surface area contributed by atoms with Gasteiger partial charge in [0.1, 0.15) is 0 Å². The van der Waals surface area contributed by atoms with E-state index in [4.69, 9.17) is 4.74 Å². The first-order chi connectivity index (χ1) is 13.2. The maximum Gasteiger partial charge on any atom is 0.339 e. The highest BCUT2D eigenvalue weighted by molar-refractivity contribution is 5.95. The minimum absolute atomic E-state index is 0.0810. The minimum atomic E-state index is -0.687. The summed E-state index contributed by atoms with van der Waals surface area (Å²) in [6, 6.07) is 17.7. The van der Waals surface area contributed by atoms with Gasteiger partial charge >= 0.3 is 12.0 Å². The van der Waals surface area contributed by atoms with Crippen LogP contribution in [0.2, 0.25) is 0 Å². The van der Waals surface area contributed by atoms with Gasteiger partial charge in [0.25, 0.3) is 0 Å². The van der Waals surface area contributed by atoms with Crippen LogP contribution in [0.5, 0.6) is 0 Å². The molecule has 27 heavy (non-hydrogen) atoms. The van der Waals surface area contributed by atoms with Crippen LogP contribution in [0.25, 0.3) is 0 Å². The Morgan fingerprint density at radius 3 is 2.74 bits per heavy atom. The van der Waals surface area contributed by atoms with Gasteiger partial charge in [0, 0.05) is 18.7 Å². The van der Waals surface area contributed by atoms with Gasteiger partial charge in [-0.3, -0.25) is 0 Å². The number of benzene rings is 2. The molecule has 2 aliphatic heterocycles. The van der Waals surface area contributed by atoms with Crippen molar-refractivity contribution in [2.45, 2.75) is 31.3 Å². The van der Waals surface area contributed by atoms with Gasteiger partial charge in [-0.05, 0) is 37.3 Å². The molecule has 1 saturated heterocycles. The van der Waals surface area contributed by atoms with E-state index in [-0.39, 0.29) is 12.0 Å². The largest absolute Gasteiger partial charge is 0.449 e. The van der Waals surface area contributed by atoms with Crippen molar-refractivity contribution in [3.05, 3.63) is 71.3 Å². The second-order valence-electron chi connectivity index (χ2n) is 7.28. The Balaban J connectivity index is 1.35. The number of piperidine rings is 1. The van der Waals surface area contributed by atoms with E-state index < -0.39 is 5.60 Å². The summed E-state index contributed by atoms with van der Waals surface area (Å²) >= 11 is 0. The van der Waals surface area contributed by atoms with Crippen LogP contribution in [-0.4, -0.2) is 36.5 Å². The standard InChI is InChI=1S/C22H24N2O3/c25-20-18-11-4-5-12-19(18)22(27-20)13-7-15-24(16-22)21(26)23-14-6-10-17-8-2-1-3-9-17/h1-5,8-9,11-12H,6-7,10,13-16H2,(H,23,26). The lowest BCUT2D eigenvalue weighted by Crippen LogP contribution is -2.52. The maximum absolute atomic E-state index is 12.6. The third kappa shape index (κ3) is 3.54. The molecule has 140 valence electrons. The van der Waals surface area contributed by atoms with E-state index in [2.05, 4.69) is 17.4 Å². The molecule has 0 radical (unpaired) electrons. The fraction of sp³-hybridized carbons (Fsp3) is 0.364. The summed E-state index contributed by atoms with van der Waals surface area (Å²) in [5.74, 6) is -0.282. The average molecular weight is 364 g/mol. The monoisotopic (exact) mass is 364 g/mol. The Labute approximate surface area is 159 Å². The number of fused-ring (bicyclic) bond motifs is 2. The molecule has 0 aliphatic carbocycles. The zero-order valence-electron chi connectivity index (χ0n) is 15.3. The summed E-state index contributed by atoms with van der Waals surface area (Å²) in [5, 5.41) is 3.01. The Bertz CT molecular complexity index is 836. The summed E-state index contributed by atoms with van der Waals surface area (Å²) in [4.78, 5) is 26.6. The van der Waals surface area contributed by atoms with Crippen molar-refractivity contribution < 1.29 is 14.3 Å². The second-order valence-corrected chi connectivity index (χ2v) is 7.28. The number of amides is 2. The normalized spacial score (nSPS) is 21.0. The van der Waals surface area contributed by atoms with Gasteiger partial charge in [0.2, 0.25) is 0 Å². The number of likely N-dealkylation sites (tertiary alicyclic amines) is 1. The molecule has 2 aromatic carbocycles. The number of carbonyl (C=O) groups is 2. The summed E-state index contributed by atoms with van der Waals surface area (Å²) < 4.78 is 5.76. The van der Waals surface area contributed by atoms with Gasteiger partial charge in [-0.15, -0.1) is 0 Å². The Morgan fingerprint density at radius 1 is 1.11 bits per heavy atom. The fourth-order valence-electron chi connectivity index (χ4n) is 4.09. The van der Waals surface area contributed by atoms with E-state index in [1.54, 1.807) is 11.0 Å². The van der Waals surface area contributed by atoms with Gasteiger partial charge in [-0.2, -0.15) is 0 Å². The lowest BCUT2D eigenvalue weighted by Gasteiger charge is -2.39. The number of urea groups is 1. The van der Waals surface area contributed by atoms with E-state index in [9.17, 15) is 9.59 Å². The molecule has 0 bridgehead atoms. The van der Waals surface area contributed by atoms with Gasteiger partial charge in [-0.1, -0.05) is 48.5 Å². The average Bonchev–Trinajstić information content (AvgIpc) is 2.97. The number of carbonyl (C=O) groups excluding carboxylic acids is 2. The highest BCUT2D eigenvalue weighted by Gasteiger charge is 2.48. The smallest absolute Gasteiger partial charge is 0.339 e. The number of nitrogens with zero attached hydrogens (tertiary/aromatic N) is 1. The molecule has 2 amide bonds. The molecule has 0 aromatic heterocycles. The number of ether oxygens (including phenoxy) is 1. The zero-order chi connectivity index (χ0) is 18.7. The van der Waals surface area contributed by atoms with Crippen LogP contribution < -0.4 is 5.32 Å². The Morgan fingerprint density at radius 2 is 1.89 bits per heavy atom. The van der Waals surface area contributed by atoms with Crippen molar-refractivity contribution in [3.63, 3.8) is 0 Å². The molecule has 1 atom stereocenters. The SMILES string of the molecule is O=C1OC2(CCCN(C(=O)NCCCc3ccccc3)C2)c2ccccc21. The summed E-state index contributed by atoms with van der Waals surface area (Å²) in [7, 11) is 0. The first-order valence-corrected chi connectivity index (χ1v) is 9.57. The van der Waals surface area contributed by atoms with Crippen molar-refractivity contribution in [2.75, 3.05) is 19.6 Å². The predicted octanol–water partition coefficient (Wildman–Crippen LogP) is 3.49. The molecule has 1 unspecified atom stereocenters. The molecule has 4 rings (SSSR count). The van der Waals surface area contributed by atoms with E-state index in [0.717, 1.165) is 31.2 Å². The molecule has 2 heterocycles. The van der Waals surface area contributed by atoms with Crippen LogP contribution in [0.1, 0.15) is 40.7 Å². The van der Waals surface area contributed by atoms with Crippen molar-refractivity contribution >= 4 is 12.0 Å². The number of hydrogen-bond acceptors (Lipinski definition) is 3.